The number of carbonyl (C=O) groups excluding carboxylic acids is 1. The molecule has 2 N–H and O–H groups in total. The lowest BCUT2D eigenvalue weighted by Gasteiger charge is -2.08. The van der Waals surface area contributed by atoms with Crippen molar-refractivity contribution in [1.29, 1.82) is 0 Å². The van der Waals surface area contributed by atoms with Gasteiger partial charge in [0.05, 0.1) is 5.56 Å². The molecule has 2 aromatic rings. The first-order chi connectivity index (χ1) is 9.56. The lowest BCUT2D eigenvalue weighted by Crippen LogP contribution is -2.12. The van der Waals surface area contributed by atoms with E-state index >= 15 is 0 Å². The zero-order chi connectivity index (χ0) is 14.3. The van der Waals surface area contributed by atoms with Gasteiger partial charge in [-0.1, -0.05) is 17.4 Å². The summed E-state index contributed by atoms with van der Waals surface area (Å²) in [5, 5.41) is 22.2. The van der Waals surface area contributed by atoms with Crippen molar-refractivity contribution in [1.82, 2.24) is 10.2 Å². The first-order valence-electron chi connectivity index (χ1n) is 6.50. The van der Waals surface area contributed by atoms with Gasteiger partial charge in [-0.2, -0.15) is 0 Å². The fraction of sp³-hybridized carbons (Fsp3) is 0.357. The number of hydrogen-bond acceptors (Lipinski definition) is 5. The number of carbonyl (C=O) groups is 1. The van der Waals surface area contributed by atoms with Gasteiger partial charge in [-0.3, -0.25) is 10.1 Å². The third kappa shape index (κ3) is 2.38. The minimum Gasteiger partial charge on any atom is -0.507 e. The Balaban J connectivity index is 1.80. The zero-order valence-corrected chi connectivity index (χ0v) is 12.1. The monoisotopic (exact) mass is 289 g/mol. The molecule has 0 radical (unpaired) electrons. The lowest BCUT2D eigenvalue weighted by atomic mass is 10.0. The molecule has 0 unspecified atom stereocenters. The van der Waals surface area contributed by atoms with Crippen LogP contribution in [-0.4, -0.2) is 21.2 Å². The molecule has 0 saturated heterocycles. The van der Waals surface area contributed by atoms with Gasteiger partial charge in [-0.15, -0.1) is 10.2 Å². The molecule has 1 saturated carbocycles. The van der Waals surface area contributed by atoms with Gasteiger partial charge in [0.2, 0.25) is 5.13 Å². The van der Waals surface area contributed by atoms with Crippen LogP contribution in [0.5, 0.6) is 5.75 Å². The summed E-state index contributed by atoms with van der Waals surface area (Å²) in [5.41, 5.74) is 1.93. The first-order valence-corrected chi connectivity index (χ1v) is 7.32. The number of phenols is 1. The lowest BCUT2D eigenvalue weighted by molar-refractivity contribution is 0.102. The predicted octanol–water partition coefficient (Wildman–Crippen LogP) is 2.99. The van der Waals surface area contributed by atoms with E-state index in [9.17, 15) is 9.90 Å². The Kier molecular flexibility index (Phi) is 3.17. The second-order valence-corrected chi connectivity index (χ2v) is 6.09. The van der Waals surface area contributed by atoms with E-state index in [1.54, 1.807) is 13.0 Å². The summed E-state index contributed by atoms with van der Waals surface area (Å²) in [7, 11) is 0. The summed E-state index contributed by atoms with van der Waals surface area (Å²) < 4.78 is 0. The van der Waals surface area contributed by atoms with Crippen LogP contribution in [0.3, 0.4) is 0 Å². The standard InChI is InChI=1S/C14H15N3O2S/c1-7-3-6-10(11(18)8(7)2)12(19)15-14-17-16-13(20-14)9-4-5-9/h3,6,9,18H,4-5H2,1-2H3,(H,15,17,19). The van der Waals surface area contributed by atoms with Crippen LogP contribution < -0.4 is 5.32 Å². The van der Waals surface area contributed by atoms with Crippen LogP contribution in [0.1, 0.15) is 45.3 Å². The number of hydrogen-bond donors (Lipinski definition) is 2. The Hall–Kier alpha value is -1.95. The van der Waals surface area contributed by atoms with Crippen molar-refractivity contribution >= 4 is 22.4 Å². The van der Waals surface area contributed by atoms with Crippen molar-refractivity contribution in [2.45, 2.75) is 32.6 Å². The molecule has 5 nitrogen and oxygen atoms in total. The largest absolute Gasteiger partial charge is 0.507 e. The third-order valence-electron chi connectivity index (χ3n) is 3.53. The Morgan fingerprint density at radius 1 is 1.35 bits per heavy atom. The molecule has 1 heterocycles. The molecule has 1 aliphatic rings. The molecule has 1 fully saturated rings. The number of phenolic OH excluding ortho intramolecular Hbond substituents is 1. The number of aromatic hydroxyl groups is 1. The quantitative estimate of drug-likeness (QED) is 0.910. The molecule has 1 aliphatic carbocycles. The van der Waals surface area contributed by atoms with E-state index in [4.69, 9.17) is 0 Å². The number of aromatic nitrogens is 2. The van der Waals surface area contributed by atoms with Crippen molar-refractivity contribution in [2.24, 2.45) is 0 Å². The maximum absolute atomic E-state index is 12.2. The van der Waals surface area contributed by atoms with Gasteiger partial charge in [0.15, 0.2) is 0 Å². The summed E-state index contributed by atoms with van der Waals surface area (Å²) >= 11 is 1.40. The van der Waals surface area contributed by atoms with Crippen LogP contribution in [-0.2, 0) is 0 Å². The molecule has 0 aliphatic heterocycles. The molecular weight excluding hydrogens is 274 g/mol. The van der Waals surface area contributed by atoms with Crippen molar-refractivity contribution in [3.8, 4) is 5.75 Å². The van der Waals surface area contributed by atoms with Crippen LogP contribution in [0.25, 0.3) is 0 Å². The number of anilines is 1. The van der Waals surface area contributed by atoms with Crippen LogP contribution in [0.4, 0.5) is 5.13 Å². The second-order valence-electron chi connectivity index (χ2n) is 5.08. The minimum absolute atomic E-state index is 0.0226. The average molecular weight is 289 g/mol. The maximum Gasteiger partial charge on any atom is 0.261 e. The van der Waals surface area contributed by atoms with Gasteiger partial charge < -0.3 is 5.11 Å². The van der Waals surface area contributed by atoms with Gasteiger partial charge >= 0.3 is 0 Å². The molecule has 104 valence electrons. The van der Waals surface area contributed by atoms with Gasteiger partial charge in [0.1, 0.15) is 10.8 Å². The Labute approximate surface area is 120 Å². The van der Waals surface area contributed by atoms with Gasteiger partial charge in [-0.25, -0.2) is 0 Å². The summed E-state index contributed by atoms with van der Waals surface area (Å²) in [6.07, 6.45) is 2.31. The van der Waals surface area contributed by atoms with E-state index in [1.807, 2.05) is 13.0 Å². The van der Waals surface area contributed by atoms with Crippen LogP contribution in [0, 0.1) is 13.8 Å². The molecule has 6 heteroatoms. The number of nitrogens with zero attached hydrogens (tertiary/aromatic N) is 2. The normalized spacial score (nSPS) is 14.3. The molecule has 0 spiro atoms. The smallest absolute Gasteiger partial charge is 0.261 e. The summed E-state index contributed by atoms with van der Waals surface area (Å²) in [5.74, 6) is 0.187. The van der Waals surface area contributed by atoms with Gasteiger partial charge in [0, 0.05) is 5.92 Å². The maximum atomic E-state index is 12.2. The van der Waals surface area contributed by atoms with Crippen LogP contribution in [0.2, 0.25) is 0 Å². The molecule has 1 aromatic heterocycles. The average Bonchev–Trinajstić information content (AvgIpc) is 3.17. The summed E-state index contributed by atoms with van der Waals surface area (Å²) in [6, 6.07) is 3.44. The highest BCUT2D eigenvalue weighted by molar-refractivity contribution is 7.15. The number of aryl methyl sites for hydroxylation is 1. The Morgan fingerprint density at radius 3 is 2.80 bits per heavy atom. The molecule has 1 aromatic carbocycles. The molecule has 0 atom stereocenters. The van der Waals surface area contributed by atoms with Gasteiger partial charge in [0.25, 0.3) is 5.91 Å². The molecular formula is C14H15N3O2S. The van der Waals surface area contributed by atoms with E-state index in [-0.39, 0.29) is 17.2 Å². The van der Waals surface area contributed by atoms with Crippen molar-refractivity contribution in [2.75, 3.05) is 5.32 Å². The highest BCUT2D eigenvalue weighted by Crippen LogP contribution is 2.42. The van der Waals surface area contributed by atoms with E-state index < -0.39 is 0 Å². The highest BCUT2D eigenvalue weighted by atomic mass is 32.1. The van der Waals surface area contributed by atoms with E-state index in [0.29, 0.717) is 16.6 Å². The number of benzene rings is 1. The minimum atomic E-state index is -0.357. The van der Waals surface area contributed by atoms with Crippen molar-refractivity contribution < 1.29 is 9.90 Å². The predicted molar refractivity (Wildman–Crippen MR) is 77.4 cm³/mol. The first kappa shape index (κ1) is 13.1. The fourth-order valence-corrected chi connectivity index (χ4v) is 2.84. The summed E-state index contributed by atoms with van der Waals surface area (Å²) in [6.45, 7) is 3.68. The topological polar surface area (TPSA) is 75.1 Å². The highest BCUT2D eigenvalue weighted by Gasteiger charge is 2.28. The van der Waals surface area contributed by atoms with Crippen LogP contribution >= 0.6 is 11.3 Å². The molecule has 1 amide bonds. The summed E-state index contributed by atoms with van der Waals surface area (Å²) in [4.78, 5) is 12.2. The zero-order valence-electron chi connectivity index (χ0n) is 11.3. The second kappa shape index (κ2) is 4.86. The van der Waals surface area contributed by atoms with E-state index in [0.717, 1.165) is 23.4 Å². The van der Waals surface area contributed by atoms with E-state index in [1.165, 1.54) is 11.3 Å². The van der Waals surface area contributed by atoms with Gasteiger partial charge in [-0.05, 0) is 43.9 Å². The fourth-order valence-electron chi connectivity index (χ4n) is 1.93. The Bertz CT molecular complexity index is 677. The number of amides is 1. The number of rotatable bonds is 3. The molecule has 3 rings (SSSR count). The van der Waals surface area contributed by atoms with Crippen LogP contribution in [0.15, 0.2) is 12.1 Å². The molecule has 0 bridgehead atoms. The molecule has 20 heavy (non-hydrogen) atoms. The number of nitrogens with one attached hydrogen (secondary N) is 1. The van der Waals surface area contributed by atoms with E-state index in [2.05, 4.69) is 15.5 Å². The Morgan fingerprint density at radius 2 is 2.10 bits per heavy atom. The third-order valence-corrected chi connectivity index (χ3v) is 4.54. The van der Waals surface area contributed by atoms with Crippen molar-refractivity contribution in [3.63, 3.8) is 0 Å². The van der Waals surface area contributed by atoms with Crippen molar-refractivity contribution in [3.05, 3.63) is 33.8 Å². The SMILES string of the molecule is Cc1ccc(C(=O)Nc2nnc(C3CC3)s2)c(O)c1C.